The second kappa shape index (κ2) is 11.0. The lowest BCUT2D eigenvalue weighted by molar-refractivity contribution is 0.00979. The number of hydrogen-bond acceptors (Lipinski definition) is 4. The van der Waals surface area contributed by atoms with Crippen molar-refractivity contribution in [2.45, 2.75) is 70.9 Å². The van der Waals surface area contributed by atoms with Crippen LogP contribution in [0.2, 0.25) is 0 Å². The molecule has 1 aromatic carbocycles. The van der Waals surface area contributed by atoms with Crippen molar-refractivity contribution in [1.82, 2.24) is 4.57 Å². The lowest BCUT2D eigenvalue weighted by atomic mass is 9.99. The average molecular weight is 410 g/mol. The van der Waals surface area contributed by atoms with E-state index >= 15 is 0 Å². The fraction of sp³-hybridized carbons (Fsp3) is 0.480. The zero-order chi connectivity index (χ0) is 21.3. The van der Waals surface area contributed by atoms with Crippen molar-refractivity contribution in [1.29, 1.82) is 0 Å². The van der Waals surface area contributed by atoms with Crippen molar-refractivity contribution >= 4 is 11.6 Å². The molecule has 2 aromatic rings. The van der Waals surface area contributed by atoms with Crippen LogP contribution >= 0.6 is 0 Å². The third kappa shape index (κ3) is 5.99. The molecule has 1 fully saturated rings. The molecule has 0 amide bonds. The number of hydrogen-bond donors (Lipinski definition) is 0. The highest BCUT2D eigenvalue weighted by molar-refractivity contribution is 6.00. The van der Waals surface area contributed by atoms with E-state index in [-0.39, 0.29) is 29.1 Å². The Kier molecular flexibility index (Phi) is 8.14. The smallest absolute Gasteiger partial charge is 0.261 e. The number of ether oxygens (including phenoxy) is 1. The Morgan fingerprint density at radius 3 is 2.60 bits per heavy atom. The van der Waals surface area contributed by atoms with Gasteiger partial charge in [-0.25, -0.2) is 0 Å². The molecule has 0 saturated carbocycles. The molecule has 1 aliphatic rings. The van der Waals surface area contributed by atoms with Crippen LogP contribution in [-0.2, 0) is 11.3 Å². The number of rotatable bonds is 10. The second-order valence-electron chi connectivity index (χ2n) is 8.00. The molecule has 1 saturated heterocycles. The second-order valence-corrected chi connectivity index (χ2v) is 8.00. The summed E-state index contributed by atoms with van der Waals surface area (Å²) in [6.07, 6.45) is 8.78. The highest BCUT2D eigenvalue weighted by Crippen LogP contribution is 2.19. The van der Waals surface area contributed by atoms with E-state index in [4.69, 9.17) is 4.74 Å². The first-order valence-electron chi connectivity index (χ1n) is 11.0. The Hall–Kier alpha value is -2.53. The lowest BCUT2D eigenvalue weighted by Crippen LogP contribution is -2.28. The Balaban J connectivity index is 1.70. The molecule has 5 nitrogen and oxygen atoms in total. The van der Waals surface area contributed by atoms with Crippen LogP contribution in [0.25, 0.3) is 0 Å². The summed E-state index contributed by atoms with van der Waals surface area (Å²) in [6, 6.07) is 11.1. The van der Waals surface area contributed by atoms with Crippen LogP contribution in [0.15, 0.2) is 47.4 Å². The zero-order valence-electron chi connectivity index (χ0n) is 17.8. The molecule has 1 atom stereocenters. The molecule has 1 aliphatic heterocycles. The monoisotopic (exact) mass is 409 g/mol. The molecule has 0 spiro atoms. The van der Waals surface area contributed by atoms with E-state index in [9.17, 15) is 14.4 Å². The largest absolute Gasteiger partial charge is 0.378 e. The molecule has 1 aromatic heterocycles. The quantitative estimate of drug-likeness (QED) is 0.418. The van der Waals surface area contributed by atoms with Crippen LogP contribution < -0.4 is 5.56 Å². The van der Waals surface area contributed by atoms with Gasteiger partial charge in [0.05, 0.1) is 18.2 Å². The van der Waals surface area contributed by atoms with E-state index in [2.05, 4.69) is 0 Å². The van der Waals surface area contributed by atoms with Crippen LogP contribution in [0.5, 0.6) is 0 Å². The first kappa shape index (κ1) is 22.2. The number of nitrogens with zero attached hydrogens (tertiary/aromatic N) is 1. The maximum absolute atomic E-state index is 12.8. The predicted molar refractivity (Wildman–Crippen MR) is 117 cm³/mol. The minimum absolute atomic E-state index is 0.0217. The van der Waals surface area contributed by atoms with Crippen molar-refractivity contribution in [3.05, 3.63) is 69.6 Å². The number of carbonyl (C=O) groups excluding carboxylic acids is 2. The predicted octanol–water partition coefficient (Wildman–Crippen LogP) is 4.80. The Labute approximate surface area is 178 Å². The average Bonchev–Trinajstić information content (AvgIpc) is 2.78. The first-order valence-corrected chi connectivity index (χ1v) is 11.0. The van der Waals surface area contributed by atoms with Crippen LogP contribution in [0.1, 0.15) is 84.6 Å². The minimum atomic E-state index is -0.336. The highest BCUT2D eigenvalue weighted by Gasteiger charge is 2.17. The summed E-state index contributed by atoms with van der Waals surface area (Å²) in [6.45, 7) is 2.91. The van der Waals surface area contributed by atoms with E-state index in [1.165, 1.54) is 17.1 Å². The van der Waals surface area contributed by atoms with Gasteiger partial charge in [-0.3, -0.25) is 14.4 Å². The van der Waals surface area contributed by atoms with Gasteiger partial charge in [-0.15, -0.1) is 0 Å². The first-order chi connectivity index (χ1) is 14.6. The van der Waals surface area contributed by atoms with Crippen LogP contribution in [0.4, 0.5) is 0 Å². The summed E-state index contributed by atoms with van der Waals surface area (Å²) in [7, 11) is 0. The molecular weight excluding hydrogens is 378 g/mol. The number of benzene rings is 1. The highest BCUT2D eigenvalue weighted by atomic mass is 16.5. The number of aromatic nitrogens is 1. The van der Waals surface area contributed by atoms with Gasteiger partial charge in [-0.2, -0.15) is 0 Å². The molecule has 160 valence electrons. The zero-order valence-corrected chi connectivity index (χ0v) is 17.8. The summed E-state index contributed by atoms with van der Waals surface area (Å²) in [5.74, 6) is -0.252. The van der Waals surface area contributed by atoms with E-state index in [0.29, 0.717) is 24.6 Å². The van der Waals surface area contributed by atoms with E-state index < -0.39 is 0 Å². The number of carbonyl (C=O) groups is 2. The van der Waals surface area contributed by atoms with Crippen molar-refractivity contribution in [3.8, 4) is 0 Å². The van der Waals surface area contributed by atoms with Gasteiger partial charge >= 0.3 is 0 Å². The van der Waals surface area contributed by atoms with Gasteiger partial charge in [0.2, 0.25) is 0 Å². The van der Waals surface area contributed by atoms with E-state index in [1.54, 1.807) is 13.1 Å². The molecule has 0 N–H and O–H groups in total. The van der Waals surface area contributed by atoms with Crippen LogP contribution in [0, 0.1) is 0 Å². The molecule has 3 rings (SSSR count). The van der Waals surface area contributed by atoms with E-state index in [0.717, 1.165) is 44.3 Å². The molecular formula is C25H31NO4. The van der Waals surface area contributed by atoms with Crippen LogP contribution in [-0.4, -0.2) is 28.8 Å². The molecule has 0 aliphatic carbocycles. The van der Waals surface area contributed by atoms with E-state index in [1.807, 2.05) is 30.3 Å². The van der Waals surface area contributed by atoms with Gasteiger partial charge in [-0.05, 0) is 43.7 Å². The maximum Gasteiger partial charge on any atom is 0.261 e. The Morgan fingerprint density at radius 1 is 1.10 bits per heavy atom. The fourth-order valence-electron chi connectivity index (χ4n) is 3.91. The summed E-state index contributed by atoms with van der Waals surface area (Å²) in [4.78, 5) is 37.9. The van der Waals surface area contributed by atoms with Gasteiger partial charge in [0.15, 0.2) is 11.6 Å². The number of unbranched alkanes of at least 4 members (excludes halogenated alkanes) is 1. The summed E-state index contributed by atoms with van der Waals surface area (Å²) < 4.78 is 7.24. The van der Waals surface area contributed by atoms with Crippen molar-refractivity contribution in [2.24, 2.45) is 0 Å². The fourth-order valence-corrected chi connectivity index (χ4v) is 3.91. The van der Waals surface area contributed by atoms with Gasteiger partial charge in [-0.1, -0.05) is 43.7 Å². The molecule has 0 radical (unpaired) electrons. The van der Waals surface area contributed by atoms with Crippen LogP contribution in [0.3, 0.4) is 0 Å². The molecule has 0 bridgehead atoms. The third-order valence-corrected chi connectivity index (χ3v) is 5.68. The van der Waals surface area contributed by atoms with Crippen molar-refractivity contribution in [2.75, 3.05) is 6.61 Å². The van der Waals surface area contributed by atoms with Gasteiger partial charge in [0.25, 0.3) is 5.56 Å². The standard InChI is InChI=1S/C25H31NO4/c1-2-23(27)22-16-20(18-26(25(22)29)17-19-10-4-3-5-11-19)24(28)14-7-6-12-21-13-8-9-15-30-21/h3-5,10-11,16,18,21H,2,6-9,12-15,17H2,1H3. The molecule has 1 unspecified atom stereocenters. The SMILES string of the molecule is CCC(=O)c1cc(C(=O)CCCCC2CCCCO2)cn(Cc2ccccc2)c1=O. The van der Waals surface area contributed by atoms with Crippen molar-refractivity contribution < 1.29 is 14.3 Å². The van der Waals surface area contributed by atoms with Gasteiger partial charge in [0, 0.05) is 31.2 Å². The molecule has 2 heterocycles. The lowest BCUT2D eigenvalue weighted by Gasteiger charge is -2.22. The third-order valence-electron chi connectivity index (χ3n) is 5.68. The summed E-state index contributed by atoms with van der Waals surface area (Å²) in [5.41, 5.74) is 1.16. The minimum Gasteiger partial charge on any atom is -0.378 e. The summed E-state index contributed by atoms with van der Waals surface area (Å²) >= 11 is 0. The van der Waals surface area contributed by atoms with Crippen molar-refractivity contribution in [3.63, 3.8) is 0 Å². The van der Waals surface area contributed by atoms with Gasteiger partial charge < -0.3 is 9.30 Å². The Bertz CT molecular complexity index is 910. The number of pyridine rings is 1. The van der Waals surface area contributed by atoms with Gasteiger partial charge in [0.1, 0.15) is 0 Å². The topological polar surface area (TPSA) is 65.4 Å². The normalized spacial score (nSPS) is 16.4. The molecule has 30 heavy (non-hydrogen) atoms. The summed E-state index contributed by atoms with van der Waals surface area (Å²) in [5, 5.41) is 0. The number of ketones is 2. The molecule has 5 heteroatoms. The number of Topliss-reactive ketones (excluding diaryl/α,β-unsaturated/α-hetero) is 2. The Morgan fingerprint density at radius 2 is 1.90 bits per heavy atom. The maximum atomic E-state index is 12.8.